The summed E-state index contributed by atoms with van der Waals surface area (Å²) in [6.07, 6.45) is 4.40. The van der Waals surface area contributed by atoms with E-state index >= 15 is 0 Å². The number of nitrogens with two attached hydrogens (primary N) is 1. The van der Waals surface area contributed by atoms with E-state index in [0.717, 1.165) is 24.2 Å². The number of carbonyl (C=O) groups excluding carboxylic acids is 4. The summed E-state index contributed by atoms with van der Waals surface area (Å²) in [6.45, 7) is 0.000937. The number of urea groups is 1. The third kappa shape index (κ3) is 5.68. The van der Waals surface area contributed by atoms with Gasteiger partial charge in [-0.25, -0.2) is 4.79 Å². The Hall–Kier alpha value is -2.65. The van der Waals surface area contributed by atoms with Crippen LogP contribution in [0.15, 0.2) is 24.3 Å². The van der Waals surface area contributed by atoms with Crippen LogP contribution in [0.3, 0.4) is 0 Å². The molecule has 5 amide bonds. The van der Waals surface area contributed by atoms with Crippen molar-refractivity contribution in [2.24, 2.45) is 5.73 Å². The molecule has 1 saturated heterocycles. The van der Waals surface area contributed by atoms with Gasteiger partial charge in [0.15, 0.2) is 0 Å². The summed E-state index contributed by atoms with van der Waals surface area (Å²) in [5.74, 6) is -0.835. The number of rotatable bonds is 6. The van der Waals surface area contributed by atoms with Gasteiger partial charge >= 0.3 is 6.03 Å². The predicted molar refractivity (Wildman–Crippen MR) is 111 cm³/mol. The van der Waals surface area contributed by atoms with E-state index in [2.05, 4.69) is 16.0 Å². The molecule has 1 aliphatic heterocycles. The molecule has 1 saturated carbocycles. The van der Waals surface area contributed by atoms with E-state index in [1.807, 2.05) is 0 Å². The van der Waals surface area contributed by atoms with Crippen LogP contribution in [0.1, 0.15) is 38.5 Å². The highest BCUT2D eigenvalue weighted by Gasteiger charge is 2.35. The van der Waals surface area contributed by atoms with Crippen molar-refractivity contribution in [2.45, 2.75) is 44.1 Å². The molecule has 5 N–H and O–H groups in total. The molecule has 1 aliphatic carbocycles. The minimum Gasteiger partial charge on any atom is -0.329 e. The predicted octanol–water partition coefficient (Wildman–Crippen LogP) is 1.59. The van der Waals surface area contributed by atoms with Gasteiger partial charge in [0.25, 0.3) is 0 Å². The van der Waals surface area contributed by atoms with Crippen LogP contribution in [0.2, 0.25) is 0 Å². The zero-order chi connectivity index (χ0) is 20.1. The first kappa shape index (κ1) is 22.6. The molecule has 1 aromatic carbocycles. The molecule has 3 rings (SSSR count). The van der Waals surface area contributed by atoms with Crippen LogP contribution < -0.4 is 21.7 Å². The average Bonchev–Trinajstić information content (AvgIpc) is 3.00. The molecule has 0 atom stereocenters. The second kappa shape index (κ2) is 9.71. The standard InChI is InChI=1S/C19H25N5O4.ClH/c20-19(9-2-1-3-10-19)17(27)23-14-6-4-13(5-7-14)22-15(25)8-11-24-16(26)12-21-18(24)28;/h4-7H,1-3,8-12,20H2,(H,21,28)(H,22,25)(H,23,27);1H. The number of carbonyl (C=O) groups is 4. The van der Waals surface area contributed by atoms with E-state index in [9.17, 15) is 19.2 Å². The highest BCUT2D eigenvalue weighted by molar-refractivity contribution is 6.02. The number of hydrogen-bond donors (Lipinski definition) is 4. The number of nitrogens with zero attached hydrogens (tertiary/aromatic N) is 1. The van der Waals surface area contributed by atoms with Gasteiger partial charge in [-0.2, -0.15) is 0 Å². The van der Waals surface area contributed by atoms with Crippen molar-refractivity contribution in [1.29, 1.82) is 0 Å². The number of nitrogens with one attached hydrogen (secondary N) is 3. The minimum absolute atomic E-state index is 0. The summed E-state index contributed by atoms with van der Waals surface area (Å²) in [4.78, 5) is 48.4. The maximum atomic E-state index is 12.4. The second-order valence-corrected chi connectivity index (χ2v) is 7.25. The fourth-order valence-electron chi connectivity index (χ4n) is 3.42. The third-order valence-electron chi connectivity index (χ3n) is 5.12. The number of benzene rings is 1. The Morgan fingerprint density at radius 2 is 1.62 bits per heavy atom. The van der Waals surface area contributed by atoms with Gasteiger partial charge in [-0.1, -0.05) is 19.3 Å². The molecule has 0 spiro atoms. The molecular weight excluding hydrogens is 398 g/mol. The van der Waals surface area contributed by atoms with Crippen molar-refractivity contribution in [3.05, 3.63) is 24.3 Å². The van der Waals surface area contributed by atoms with Crippen LogP contribution in [0.5, 0.6) is 0 Å². The quantitative estimate of drug-likeness (QED) is 0.515. The van der Waals surface area contributed by atoms with Crippen molar-refractivity contribution < 1.29 is 19.2 Å². The lowest BCUT2D eigenvalue weighted by Crippen LogP contribution is -2.52. The van der Waals surface area contributed by atoms with Gasteiger partial charge in [-0.15, -0.1) is 12.4 Å². The molecule has 29 heavy (non-hydrogen) atoms. The molecule has 2 aliphatic rings. The van der Waals surface area contributed by atoms with E-state index in [4.69, 9.17) is 5.73 Å². The first-order valence-corrected chi connectivity index (χ1v) is 9.46. The smallest absolute Gasteiger partial charge is 0.324 e. The first-order valence-electron chi connectivity index (χ1n) is 9.46. The van der Waals surface area contributed by atoms with E-state index in [0.29, 0.717) is 24.2 Å². The van der Waals surface area contributed by atoms with Crippen LogP contribution in [0.4, 0.5) is 16.2 Å². The molecule has 0 radical (unpaired) electrons. The summed E-state index contributed by atoms with van der Waals surface area (Å²) in [7, 11) is 0. The van der Waals surface area contributed by atoms with Crippen LogP contribution in [-0.4, -0.2) is 47.3 Å². The summed E-state index contributed by atoms with van der Waals surface area (Å²) < 4.78 is 0. The Morgan fingerprint density at radius 1 is 1.03 bits per heavy atom. The van der Waals surface area contributed by atoms with Gasteiger partial charge in [-0.3, -0.25) is 19.3 Å². The fraction of sp³-hybridized carbons (Fsp3) is 0.474. The monoisotopic (exact) mass is 423 g/mol. The molecule has 1 aromatic rings. The number of anilines is 2. The molecular formula is C19H26ClN5O4. The maximum Gasteiger partial charge on any atom is 0.324 e. The molecule has 2 fully saturated rings. The molecule has 9 nitrogen and oxygen atoms in total. The molecule has 158 valence electrons. The summed E-state index contributed by atoms with van der Waals surface area (Å²) in [5, 5.41) is 7.94. The van der Waals surface area contributed by atoms with Gasteiger partial charge < -0.3 is 21.7 Å². The third-order valence-corrected chi connectivity index (χ3v) is 5.12. The Morgan fingerprint density at radius 3 is 2.17 bits per heavy atom. The fourth-order valence-corrected chi connectivity index (χ4v) is 3.42. The van der Waals surface area contributed by atoms with Crippen LogP contribution in [-0.2, 0) is 14.4 Å². The zero-order valence-electron chi connectivity index (χ0n) is 16.0. The number of hydrogen-bond acceptors (Lipinski definition) is 5. The molecule has 1 heterocycles. The van der Waals surface area contributed by atoms with E-state index in [1.165, 1.54) is 0 Å². The number of amides is 5. The topological polar surface area (TPSA) is 134 Å². The minimum atomic E-state index is -0.815. The van der Waals surface area contributed by atoms with Gasteiger partial charge in [0.05, 0.1) is 12.1 Å². The lowest BCUT2D eigenvalue weighted by molar-refractivity contribution is -0.125. The molecule has 0 bridgehead atoms. The van der Waals surface area contributed by atoms with E-state index in [-0.39, 0.29) is 49.6 Å². The largest absolute Gasteiger partial charge is 0.329 e. The number of halogens is 1. The van der Waals surface area contributed by atoms with Gasteiger partial charge in [0, 0.05) is 24.3 Å². The normalized spacial score (nSPS) is 17.9. The van der Waals surface area contributed by atoms with E-state index < -0.39 is 11.6 Å². The Labute approximate surface area is 175 Å². The SMILES string of the molecule is Cl.NC1(C(=O)Nc2ccc(NC(=O)CCN3C(=O)CNC3=O)cc2)CCCCC1. The Kier molecular flexibility index (Phi) is 7.58. The van der Waals surface area contributed by atoms with Crippen LogP contribution in [0, 0.1) is 0 Å². The zero-order valence-corrected chi connectivity index (χ0v) is 16.8. The van der Waals surface area contributed by atoms with E-state index in [1.54, 1.807) is 24.3 Å². The van der Waals surface area contributed by atoms with Gasteiger partial charge in [0.2, 0.25) is 17.7 Å². The molecule has 10 heteroatoms. The Bertz CT molecular complexity index is 761. The Balaban J connectivity index is 0.00000300. The van der Waals surface area contributed by atoms with Crippen LogP contribution >= 0.6 is 12.4 Å². The molecule has 0 aromatic heterocycles. The first-order chi connectivity index (χ1) is 13.4. The van der Waals surface area contributed by atoms with Crippen molar-refractivity contribution in [3.63, 3.8) is 0 Å². The summed E-state index contributed by atoms with van der Waals surface area (Å²) in [6, 6.07) is 6.25. The van der Waals surface area contributed by atoms with Crippen molar-refractivity contribution in [3.8, 4) is 0 Å². The van der Waals surface area contributed by atoms with Crippen molar-refractivity contribution in [2.75, 3.05) is 23.7 Å². The highest BCUT2D eigenvalue weighted by Crippen LogP contribution is 2.27. The number of imide groups is 1. The highest BCUT2D eigenvalue weighted by atomic mass is 35.5. The summed E-state index contributed by atoms with van der Waals surface area (Å²) >= 11 is 0. The second-order valence-electron chi connectivity index (χ2n) is 7.25. The van der Waals surface area contributed by atoms with Crippen molar-refractivity contribution >= 4 is 47.5 Å². The average molecular weight is 424 g/mol. The lowest BCUT2D eigenvalue weighted by atomic mass is 9.82. The van der Waals surface area contributed by atoms with Crippen molar-refractivity contribution in [1.82, 2.24) is 10.2 Å². The maximum absolute atomic E-state index is 12.4. The molecule has 0 unspecified atom stereocenters. The summed E-state index contributed by atoms with van der Waals surface area (Å²) in [5.41, 5.74) is 6.58. The van der Waals surface area contributed by atoms with Gasteiger partial charge in [-0.05, 0) is 37.1 Å². The van der Waals surface area contributed by atoms with Crippen LogP contribution in [0.25, 0.3) is 0 Å². The lowest BCUT2D eigenvalue weighted by Gasteiger charge is -2.31. The van der Waals surface area contributed by atoms with Gasteiger partial charge in [0.1, 0.15) is 0 Å².